The lowest BCUT2D eigenvalue weighted by molar-refractivity contribution is -0.0474. The lowest BCUT2D eigenvalue weighted by Gasteiger charge is -2.20. The Morgan fingerprint density at radius 3 is 2.89 bits per heavy atom. The van der Waals surface area contributed by atoms with Crippen molar-refractivity contribution in [2.75, 3.05) is 19.8 Å². The van der Waals surface area contributed by atoms with Gasteiger partial charge in [-0.25, -0.2) is 0 Å². The first-order chi connectivity index (χ1) is 8.92. The average molecular weight is 244 g/mol. The SMILES string of the molecule is C1=CCN(Cc2cccc(C3OCCO3)n2)C=C1. The second-order valence-corrected chi connectivity index (χ2v) is 4.33. The molecule has 2 aliphatic rings. The van der Waals surface area contributed by atoms with E-state index in [4.69, 9.17) is 9.47 Å². The van der Waals surface area contributed by atoms with Gasteiger partial charge in [-0.3, -0.25) is 4.98 Å². The molecule has 0 saturated carbocycles. The van der Waals surface area contributed by atoms with E-state index in [1.165, 1.54) is 0 Å². The quantitative estimate of drug-likeness (QED) is 0.814. The summed E-state index contributed by atoms with van der Waals surface area (Å²) in [5.74, 6) is 0. The van der Waals surface area contributed by atoms with Crippen LogP contribution in [-0.4, -0.2) is 29.6 Å². The zero-order valence-electron chi connectivity index (χ0n) is 10.2. The van der Waals surface area contributed by atoms with Gasteiger partial charge < -0.3 is 14.4 Å². The Morgan fingerprint density at radius 2 is 2.11 bits per heavy atom. The molecule has 3 rings (SSSR count). The lowest BCUT2D eigenvalue weighted by Crippen LogP contribution is -2.19. The summed E-state index contributed by atoms with van der Waals surface area (Å²) in [5, 5.41) is 0. The van der Waals surface area contributed by atoms with Crippen molar-refractivity contribution in [3.63, 3.8) is 0 Å². The van der Waals surface area contributed by atoms with Crippen LogP contribution in [0, 0.1) is 0 Å². The molecule has 0 bridgehead atoms. The van der Waals surface area contributed by atoms with E-state index < -0.39 is 0 Å². The summed E-state index contributed by atoms with van der Waals surface area (Å²) >= 11 is 0. The van der Waals surface area contributed by atoms with Crippen molar-refractivity contribution in [3.8, 4) is 0 Å². The van der Waals surface area contributed by atoms with Crippen LogP contribution >= 0.6 is 0 Å². The maximum absolute atomic E-state index is 5.46. The minimum Gasteiger partial charge on any atom is -0.368 e. The standard InChI is InChI=1S/C14H16N2O2/c1-2-7-16(8-3-1)11-12-5-4-6-13(15-12)14-17-9-10-18-14/h1-7,14H,8-11H2. The first-order valence-electron chi connectivity index (χ1n) is 6.18. The molecule has 2 aliphatic heterocycles. The Hall–Kier alpha value is -1.65. The molecule has 4 heteroatoms. The molecule has 0 aromatic carbocycles. The van der Waals surface area contributed by atoms with Gasteiger partial charge in [-0.05, 0) is 24.4 Å². The summed E-state index contributed by atoms with van der Waals surface area (Å²) in [6.07, 6.45) is 8.02. The van der Waals surface area contributed by atoms with E-state index in [1.54, 1.807) is 0 Å². The van der Waals surface area contributed by atoms with Gasteiger partial charge in [-0.1, -0.05) is 18.2 Å². The fourth-order valence-electron chi connectivity index (χ4n) is 2.08. The minimum absolute atomic E-state index is 0.290. The third-order valence-corrected chi connectivity index (χ3v) is 2.94. The molecule has 94 valence electrons. The molecule has 0 radical (unpaired) electrons. The number of aromatic nitrogens is 1. The Kier molecular flexibility index (Phi) is 3.39. The van der Waals surface area contributed by atoms with Crippen LogP contribution in [0.1, 0.15) is 17.7 Å². The first kappa shape index (κ1) is 11.4. The van der Waals surface area contributed by atoms with Gasteiger partial charge in [0.25, 0.3) is 0 Å². The maximum atomic E-state index is 5.46. The third-order valence-electron chi connectivity index (χ3n) is 2.94. The van der Waals surface area contributed by atoms with E-state index in [1.807, 2.05) is 24.3 Å². The van der Waals surface area contributed by atoms with Gasteiger partial charge in [0, 0.05) is 6.54 Å². The Morgan fingerprint density at radius 1 is 1.22 bits per heavy atom. The van der Waals surface area contributed by atoms with E-state index in [2.05, 4.69) is 28.2 Å². The fraction of sp³-hybridized carbons (Fsp3) is 0.357. The van der Waals surface area contributed by atoms with Gasteiger partial charge in [0.15, 0.2) is 0 Å². The average Bonchev–Trinajstić information content (AvgIpc) is 2.94. The summed E-state index contributed by atoms with van der Waals surface area (Å²) in [6.45, 7) is 3.03. The highest BCUT2D eigenvalue weighted by Gasteiger charge is 2.19. The summed E-state index contributed by atoms with van der Waals surface area (Å²) in [6, 6.07) is 5.99. The molecule has 0 amide bonds. The van der Waals surface area contributed by atoms with Crippen molar-refractivity contribution in [2.24, 2.45) is 0 Å². The first-order valence-corrected chi connectivity index (χ1v) is 6.18. The lowest BCUT2D eigenvalue weighted by atomic mass is 10.2. The summed E-state index contributed by atoms with van der Waals surface area (Å²) in [7, 11) is 0. The predicted octanol–water partition coefficient (Wildman–Crippen LogP) is 2.01. The van der Waals surface area contributed by atoms with Crippen LogP contribution in [0.2, 0.25) is 0 Å². The largest absolute Gasteiger partial charge is 0.368 e. The fourth-order valence-corrected chi connectivity index (χ4v) is 2.08. The van der Waals surface area contributed by atoms with E-state index in [0.29, 0.717) is 13.2 Å². The number of allylic oxidation sites excluding steroid dienone is 2. The topological polar surface area (TPSA) is 34.6 Å². The van der Waals surface area contributed by atoms with Crippen LogP contribution in [0.15, 0.2) is 42.6 Å². The second-order valence-electron chi connectivity index (χ2n) is 4.33. The van der Waals surface area contributed by atoms with Crippen molar-refractivity contribution < 1.29 is 9.47 Å². The van der Waals surface area contributed by atoms with E-state index in [9.17, 15) is 0 Å². The van der Waals surface area contributed by atoms with Crippen LogP contribution < -0.4 is 0 Å². The number of rotatable bonds is 3. The zero-order chi connectivity index (χ0) is 12.2. The van der Waals surface area contributed by atoms with Crippen LogP contribution in [0.5, 0.6) is 0 Å². The molecule has 18 heavy (non-hydrogen) atoms. The summed E-state index contributed by atoms with van der Waals surface area (Å²) in [5.41, 5.74) is 1.90. The van der Waals surface area contributed by atoms with Crippen molar-refractivity contribution >= 4 is 0 Å². The third kappa shape index (κ3) is 2.60. The number of hydrogen-bond donors (Lipinski definition) is 0. The van der Waals surface area contributed by atoms with Gasteiger partial charge in [-0.15, -0.1) is 0 Å². The Balaban J connectivity index is 1.70. The molecule has 4 nitrogen and oxygen atoms in total. The molecule has 1 aromatic heterocycles. The van der Waals surface area contributed by atoms with E-state index in [0.717, 1.165) is 24.5 Å². The second kappa shape index (κ2) is 5.33. The Labute approximate surface area is 107 Å². The molecule has 0 atom stereocenters. The van der Waals surface area contributed by atoms with Gasteiger partial charge >= 0.3 is 0 Å². The van der Waals surface area contributed by atoms with E-state index in [-0.39, 0.29) is 6.29 Å². The highest BCUT2D eigenvalue weighted by Crippen LogP contribution is 2.21. The monoisotopic (exact) mass is 244 g/mol. The number of pyridine rings is 1. The Bertz CT molecular complexity index is 465. The van der Waals surface area contributed by atoms with Gasteiger partial charge in [0.1, 0.15) is 0 Å². The normalized spacial score (nSPS) is 19.7. The molecular weight excluding hydrogens is 228 g/mol. The molecule has 0 unspecified atom stereocenters. The van der Waals surface area contributed by atoms with Crippen molar-refractivity contribution in [1.82, 2.24) is 9.88 Å². The maximum Gasteiger partial charge on any atom is 0.201 e. The van der Waals surface area contributed by atoms with Gasteiger partial charge in [0.2, 0.25) is 6.29 Å². The molecule has 3 heterocycles. The number of ether oxygens (including phenoxy) is 2. The molecule has 1 saturated heterocycles. The zero-order valence-corrected chi connectivity index (χ0v) is 10.2. The van der Waals surface area contributed by atoms with Gasteiger partial charge in [-0.2, -0.15) is 0 Å². The number of nitrogens with zero attached hydrogens (tertiary/aromatic N) is 2. The van der Waals surface area contributed by atoms with Crippen LogP contribution in [0.4, 0.5) is 0 Å². The summed E-state index contributed by atoms with van der Waals surface area (Å²) < 4.78 is 10.9. The van der Waals surface area contributed by atoms with Crippen molar-refractivity contribution in [2.45, 2.75) is 12.8 Å². The van der Waals surface area contributed by atoms with Crippen LogP contribution in [-0.2, 0) is 16.0 Å². The molecule has 0 aliphatic carbocycles. The van der Waals surface area contributed by atoms with Crippen LogP contribution in [0.3, 0.4) is 0 Å². The van der Waals surface area contributed by atoms with Crippen LogP contribution in [0.25, 0.3) is 0 Å². The molecule has 0 N–H and O–H groups in total. The molecule has 1 fully saturated rings. The van der Waals surface area contributed by atoms with Crippen molar-refractivity contribution in [1.29, 1.82) is 0 Å². The molecule has 0 spiro atoms. The van der Waals surface area contributed by atoms with Gasteiger partial charge in [0.05, 0.1) is 31.1 Å². The summed E-state index contributed by atoms with van der Waals surface area (Å²) in [4.78, 5) is 6.81. The van der Waals surface area contributed by atoms with Crippen molar-refractivity contribution in [3.05, 3.63) is 54.0 Å². The molecule has 1 aromatic rings. The highest BCUT2D eigenvalue weighted by molar-refractivity contribution is 5.15. The molecular formula is C14H16N2O2. The highest BCUT2D eigenvalue weighted by atomic mass is 16.7. The van der Waals surface area contributed by atoms with E-state index >= 15 is 0 Å². The smallest absolute Gasteiger partial charge is 0.201 e. The number of hydrogen-bond acceptors (Lipinski definition) is 4. The minimum atomic E-state index is -0.290. The predicted molar refractivity (Wildman–Crippen MR) is 67.6 cm³/mol.